The van der Waals surface area contributed by atoms with Crippen LogP contribution in [-0.4, -0.2) is 25.7 Å². The molecule has 0 aromatic heterocycles. The Hall–Kier alpha value is -1.35. The highest BCUT2D eigenvalue weighted by molar-refractivity contribution is 5.94. The molecule has 1 aromatic rings. The number of carbonyl (C=O) groups excluding carboxylic acids is 1. The van der Waals surface area contributed by atoms with Gasteiger partial charge >= 0.3 is 0 Å². The summed E-state index contributed by atoms with van der Waals surface area (Å²) in [5, 5.41) is 0. The normalized spacial score (nSPS) is 10.7. The molecule has 17 heavy (non-hydrogen) atoms. The molecule has 0 spiro atoms. The first-order valence-corrected chi connectivity index (χ1v) is 5.87. The number of hydrogen-bond acceptors (Lipinski definition) is 2. The van der Waals surface area contributed by atoms with Crippen LogP contribution in [0.4, 0.5) is 5.69 Å². The summed E-state index contributed by atoms with van der Waals surface area (Å²) in [5.74, 6) is -0.0225. The monoisotopic (exact) mass is 235 g/mol. The predicted octanol–water partition coefficient (Wildman–Crippen LogP) is 2.69. The molecular formula is C14H21NO2. The fraction of sp³-hybridized carbons (Fsp3) is 0.500. The summed E-state index contributed by atoms with van der Waals surface area (Å²) in [6.45, 7) is 8.02. The topological polar surface area (TPSA) is 29.5 Å². The van der Waals surface area contributed by atoms with Crippen LogP contribution in [0.2, 0.25) is 0 Å². The molecule has 0 bridgehead atoms. The van der Waals surface area contributed by atoms with Gasteiger partial charge in [-0.25, -0.2) is 0 Å². The summed E-state index contributed by atoms with van der Waals surface area (Å²) < 4.78 is 5.32. The quantitative estimate of drug-likeness (QED) is 0.803. The molecule has 0 aliphatic carbocycles. The Bertz CT molecular complexity index is 399. The van der Waals surface area contributed by atoms with Gasteiger partial charge in [-0.15, -0.1) is 0 Å². The number of benzene rings is 1. The fourth-order valence-corrected chi connectivity index (χ4v) is 1.65. The van der Waals surface area contributed by atoms with Gasteiger partial charge in [-0.05, 0) is 39.3 Å². The molecule has 0 aliphatic rings. The third kappa shape index (κ3) is 3.86. The molecule has 3 nitrogen and oxygen atoms in total. The van der Waals surface area contributed by atoms with Gasteiger partial charge in [-0.2, -0.15) is 0 Å². The lowest BCUT2D eigenvalue weighted by Crippen LogP contribution is -2.31. The predicted molar refractivity (Wildman–Crippen MR) is 70.4 cm³/mol. The van der Waals surface area contributed by atoms with Gasteiger partial charge in [0.1, 0.15) is 6.61 Å². The van der Waals surface area contributed by atoms with Gasteiger partial charge in [0, 0.05) is 12.7 Å². The van der Waals surface area contributed by atoms with Crippen LogP contribution in [0, 0.1) is 13.8 Å². The van der Waals surface area contributed by atoms with Crippen molar-refractivity contribution < 1.29 is 9.53 Å². The van der Waals surface area contributed by atoms with Crippen molar-refractivity contribution >= 4 is 11.6 Å². The van der Waals surface area contributed by atoms with E-state index < -0.39 is 0 Å². The average Bonchev–Trinajstić information content (AvgIpc) is 2.25. The van der Waals surface area contributed by atoms with Crippen molar-refractivity contribution in [2.75, 3.05) is 18.6 Å². The number of hydrogen-bond donors (Lipinski definition) is 0. The second kappa shape index (κ2) is 5.82. The Morgan fingerprint density at radius 3 is 2.53 bits per heavy atom. The zero-order valence-corrected chi connectivity index (χ0v) is 11.3. The van der Waals surface area contributed by atoms with Crippen molar-refractivity contribution in [3.05, 3.63) is 29.3 Å². The summed E-state index contributed by atoms with van der Waals surface area (Å²) in [6.07, 6.45) is 0.0754. The summed E-state index contributed by atoms with van der Waals surface area (Å²) in [4.78, 5) is 13.5. The Morgan fingerprint density at radius 2 is 2.00 bits per heavy atom. The lowest BCUT2D eigenvalue weighted by atomic mass is 10.1. The highest BCUT2D eigenvalue weighted by Gasteiger charge is 2.13. The SMILES string of the molecule is Cc1ccc(N(C)C(=O)COC(C)C)c(C)c1. The van der Waals surface area contributed by atoms with Crippen LogP contribution in [-0.2, 0) is 9.53 Å². The van der Waals surface area contributed by atoms with E-state index in [4.69, 9.17) is 4.74 Å². The molecule has 1 rings (SSSR count). The Kier molecular flexibility index (Phi) is 4.70. The zero-order chi connectivity index (χ0) is 13.0. The van der Waals surface area contributed by atoms with E-state index in [1.54, 1.807) is 11.9 Å². The molecule has 3 heteroatoms. The molecule has 1 amide bonds. The Balaban J connectivity index is 2.74. The van der Waals surface area contributed by atoms with E-state index in [9.17, 15) is 4.79 Å². The van der Waals surface area contributed by atoms with Gasteiger partial charge in [0.2, 0.25) is 0 Å². The number of rotatable bonds is 4. The van der Waals surface area contributed by atoms with Crippen molar-refractivity contribution in [1.29, 1.82) is 0 Å². The minimum atomic E-state index is -0.0225. The van der Waals surface area contributed by atoms with Crippen molar-refractivity contribution in [3.63, 3.8) is 0 Å². The van der Waals surface area contributed by atoms with Gasteiger partial charge in [-0.1, -0.05) is 17.7 Å². The molecule has 0 radical (unpaired) electrons. The van der Waals surface area contributed by atoms with Crippen LogP contribution >= 0.6 is 0 Å². The number of ether oxygens (including phenoxy) is 1. The first kappa shape index (κ1) is 13.7. The van der Waals surface area contributed by atoms with Crippen molar-refractivity contribution in [2.24, 2.45) is 0 Å². The van der Waals surface area contributed by atoms with E-state index in [2.05, 4.69) is 6.07 Å². The molecule has 0 saturated heterocycles. The highest BCUT2D eigenvalue weighted by atomic mass is 16.5. The van der Waals surface area contributed by atoms with Crippen molar-refractivity contribution in [1.82, 2.24) is 0 Å². The summed E-state index contributed by atoms with van der Waals surface area (Å²) >= 11 is 0. The number of likely N-dealkylation sites (N-methyl/N-ethyl adjacent to an activating group) is 1. The fourth-order valence-electron chi connectivity index (χ4n) is 1.65. The van der Waals surface area contributed by atoms with Gasteiger partial charge in [0.15, 0.2) is 0 Å². The minimum Gasteiger partial charge on any atom is -0.369 e. The van der Waals surface area contributed by atoms with E-state index in [1.807, 2.05) is 39.8 Å². The summed E-state index contributed by atoms with van der Waals surface area (Å²) in [5.41, 5.74) is 3.24. The second-order valence-electron chi connectivity index (χ2n) is 4.60. The molecule has 0 fully saturated rings. The minimum absolute atomic E-state index is 0.0225. The maximum atomic E-state index is 11.9. The second-order valence-corrected chi connectivity index (χ2v) is 4.60. The maximum absolute atomic E-state index is 11.9. The van der Waals surface area contributed by atoms with Crippen LogP contribution in [0.1, 0.15) is 25.0 Å². The van der Waals surface area contributed by atoms with E-state index in [0.29, 0.717) is 0 Å². The Morgan fingerprint density at radius 1 is 1.35 bits per heavy atom. The van der Waals surface area contributed by atoms with E-state index >= 15 is 0 Å². The van der Waals surface area contributed by atoms with Crippen LogP contribution in [0.25, 0.3) is 0 Å². The zero-order valence-electron chi connectivity index (χ0n) is 11.3. The molecule has 0 saturated carbocycles. The number of amides is 1. The molecule has 0 heterocycles. The van der Waals surface area contributed by atoms with Gasteiger partial charge < -0.3 is 9.64 Å². The number of carbonyl (C=O) groups is 1. The molecule has 1 aromatic carbocycles. The van der Waals surface area contributed by atoms with Crippen LogP contribution in [0.15, 0.2) is 18.2 Å². The summed E-state index contributed by atoms with van der Waals surface area (Å²) in [6, 6.07) is 6.05. The molecule has 0 unspecified atom stereocenters. The van der Waals surface area contributed by atoms with Crippen LogP contribution in [0.3, 0.4) is 0 Å². The van der Waals surface area contributed by atoms with Crippen molar-refractivity contribution in [3.8, 4) is 0 Å². The average molecular weight is 235 g/mol. The van der Waals surface area contributed by atoms with Gasteiger partial charge in [0.05, 0.1) is 6.10 Å². The standard InChI is InChI=1S/C14H21NO2/c1-10(2)17-9-14(16)15(5)13-7-6-11(3)8-12(13)4/h6-8,10H,9H2,1-5H3. The van der Waals surface area contributed by atoms with Gasteiger partial charge in [-0.3, -0.25) is 4.79 Å². The highest BCUT2D eigenvalue weighted by Crippen LogP contribution is 2.20. The summed E-state index contributed by atoms with van der Waals surface area (Å²) in [7, 11) is 1.78. The lowest BCUT2D eigenvalue weighted by Gasteiger charge is -2.20. The number of aryl methyl sites for hydroxylation is 2. The molecule has 0 aliphatic heterocycles. The maximum Gasteiger partial charge on any atom is 0.252 e. The van der Waals surface area contributed by atoms with E-state index in [-0.39, 0.29) is 18.6 Å². The first-order chi connectivity index (χ1) is 7.91. The molecular weight excluding hydrogens is 214 g/mol. The largest absolute Gasteiger partial charge is 0.369 e. The number of anilines is 1. The number of nitrogens with zero attached hydrogens (tertiary/aromatic N) is 1. The van der Waals surface area contributed by atoms with Crippen LogP contribution < -0.4 is 4.90 Å². The third-order valence-electron chi connectivity index (χ3n) is 2.63. The van der Waals surface area contributed by atoms with Crippen molar-refractivity contribution in [2.45, 2.75) is 33.8 Å². The first-order valence-electron chi connectivity index (χ1n) is 5.87. The van der Waals surface area contributed by atoms with Crippen LogP contribution in [0.5, 0.6) is 0 Å². The molecule has 94 valence electrons. The van der Waals surface area contributed by atoms with E-state index in [0.717, 1.165) is 11.3 Å². The van der Waals surface area contributed by atoms with E-state index in [1.165, 1.54) is 5.56 Å². The third-order valence-corrected chi connectivity index (χ3v) is 2.63. The smallest absolute Gasteiger partial charge is 0.252 e. The Labute approximate surface area is 103 Å². The van der Waals surface area contributed by atoms with Gasteiger partial charge in [0.25, 0.3) is 5.91 Å². The molecule has 0 atom stereocenters. The molecule has 0 N–H and O–H groups in total. The lowest BCUT2D eigenvalue weighted by molar-refractivity contribution is -0.124.